The highest BCUT2D eigenvalue weighted by Gasteiger charge is 2.44. The summed E-state index contributed by atoms with van der Waals surface area (Å²) in [6.45, 7) is 3.89. The summed E-state index contributed by atoms with van der Waals surface area (Å²) >= 11 is 0. The number of hydrogen-bond donors (Lipinski definition) is 1. The van der Waals surface area contributed by atoms with E-state index in [2.05, 4.69) is 0 Å². The third kappa shape index (κ3) is 1.84. The van der Waals surface area contributed by atoms with Gasteiger partial charge in [-0.05, 0) is 49.4 Å². The molecule has 1 fully saturated rings. The van der Waals surface area contributed by atoms with Crippen LogP contribution in [0.5, 0.6) is 0 Å². The molecule has 3 nitrogen and oxygen atoms in total. The number of hydrogen-bond acceptors (Lipinski definition) is 2. The average Bonchev–Trinajstić information content (AvgIpc) is 2.82. The molecule has 0 spiro atoms. The van der Waals surface area contributed by atoms with E-state index < -0.39 is 11.4 Å². The van der Waals surface area contributed by atoms with Gasteiger partial charge < -0.3 is 5.11 Å². The van der Waals surface area contributed by atoms with Gasteiger partial charge in [0.2, 0.25) is 0 Å². The molecule has 1 N–H and O–H groups in total. The maximum absolute atomic E-state index is 11.7. The van der Waals surface area contributed by atoms with Crippen LogP contribution in [0.25, 0.3) is 0 Å². The number of aliphatic carboxylic acids is 1. The Labute approximate surface area is 107 Å². The van der Waals surface area contributed by atoms with Gasteiger partial charge in [0.15, 0.2) is 0 Å². The van der Waals surface area contributed by atoms with Crippen molar-refractivity contribution in [3.8, 4) is 0 Å². The second-order valence-electron chi connectivity index (χ2n) is 5.24. The lowest BCUT2D eigenvalue weighted by atomic mass is 9.76. The Bertz CT molecular complexity index is 497. The maximum atomic E-state index is 11.7. The van der Waals surface area contributed by atoms with Gasteiger partial charge in [0.25, 0.3) is 0 Å². The molecule has 0 radical (unpaired) electrons. The number of aldehydes is 1. The predicted molar refractivity (Wildman–Crippen MR) is 69.1 cm³/mol. The molecule has 0 bridgehead atoms. The van der Waals surface area contributed by atoms with E-state index in [1.165, 1.54) is 0 Å². The summed E-state index contributed by atoms with van der Waals surface area (Å²) in [5.74, 6) is -0.800. The molecular weight excluding hydrogens is 228 g/mol. The topological polar surface area (TPSA) is 54.4 Å². The summed E-state index contributed by atoms with van der Waals surface area (Å²) in [6.07, 6.45) is 3.87. The highest BCUT2D eigenvalue weighted by molar-refractivity contribution is 5.88. The lowest BCUT2D eigenvalue weighted by Crippen LogP contribution is -2.34. The first-order chi connectivity index (χ1) is 8.51. The summed E-state index contributed by atoms with van der Waals surface area (Å²) in [5.41, 5.74) is 2.45. The van der Waals surface area contributed by atoms with E-state index in [9.17, 15) is 14.7 Å². The van der Waals surface area contributed by atoms with Crippen LogP contribution in [0.3, 0.4) is 0 Å². The van der Waals surface area contributed by atoms with E-state index in [0.717, 1.165) is 30.3 Å². The third-order valence-corrected chi connectivity index (χ3v) is 4.17. The molecule has 0 heterocycles. The van der Waals surface area contributed by atoms with Crippen molar-refractivity contribution in [3.63, 3.8) is 0 Å². The minimum Gasteiger partial charge on any atom is -0.481 e. The fourth-order valence-electron chi connectivity index (χ4n) is 2.93. The van der Waals surface area contributed by atoms with Gasteiger partial charge >= 0.3 is 5.97 Å². The van der Waals surface area contributed by atoms with Crippen molar-refractivity contribution >= 4 is 12.3 Å². The number of aryl methyl sites for hydroxylation is 2. The lowest BCUT2D eigenvalue weighted by Gasteiger charge is -2.26. The Hall–Kier alpha value is -1.64. The predicted octanol–water partition coefficient (Wildman–Crippen LogP) is 3.01. The van der Waals surface area contributed by atoms with Crippen molar-refractivity contribution in [1.82, 2.24) is 0 Å². The van der Waals surface area contributed by atoms with E-state index >= 15 is 0 Å². The summed E-state index contributed by atoms with van der Waals surface area (Å²) in [7, 11) is 0. The third-order valence-electron chi connectivity index (χ3n) is 4.17. The molecule has 0 aliphatic heterocycles. The van der Waals surface area contributed by atoms with Crippen LogP contribution in [0.1, 0.15) is 52.7 Å². The molecule has 0 atom stereocenters. The number of carboxylic acid groups (broad SMARTS) is 1. The second-order valence-corrected chi connectivity index (χ2v) is 5.24. The Morgan fingerprint density at radius 2 is 1.78 bits per heavy atom. The Kier molecular flexibility index (Phi) is 3.24. The van der Waals surface area contributed by atoms with Gasteiger partial charge in [-0.2, -0.15) is 0 Å². The van der Waals surface area contributed by atoms with Gasteiger partial charge in [0, 0.05) is 5.56 Å². The fraction of sp³-hybridized carbons (Fsp3) is 0.467. The van der Waals surface area contributed by atoms with E-state index in [1.54, 1.807) is 6.07 Å². The van der Waals surface area contributed by atoms with Gasteiger partial charge in [0.1, 0.15) is 6.29 Å². The molecular formula is C15H18O3. The minimum absolute atomic E-state index is 0.530. The fourth-order valence-corrected chi connectivity index (χ4v) is 2.93. The van der Waals surface area contributed by atoms with Gasteiger partial charge in [0.05, 0.1) is 5.41 Å². The van der Waals surface area contributed by atoms with Gasteiger partial charge in [-0.25, -0.2) is 0 Å². The number of rotatable bonds is 3. The summed E-state index contributed by atoms with van der Waals surface area (Å²) in [4.78, 5) is 22.9. The Balaban J connectivity index is 2.64. The maximum Gasteiger partial charge on any atom is 0.314 e. The molecule has 1 aliphatic carbocycles. The van der Waals surface area contributed by atoms with Gasteiger partial charge in [-0.15, -0.1) is 0 Å². The smallest absolute Gasteiger partial charge is 0.314 e. The molecule has 0 unspecified atom stereocenters. The van der Waals surface area contributed by atoms with Crippen molar-refractivity contribution in [1.29, 1.82) is 0 Å². The lowest BCUT2D eigenvalue weighted by molar-refractivity contribution is -0.143. The summed E-state index contributed by atoms with van der Waals surface area (Å²) < 4.78 is 0. The number of benzene rings is 1. The Morgan fingerprint density at radius 1 is 1.22 bits per heavy atom. The molecule has 2 rings (SSSR count). The summed E-state index contributed by atoms with van der Waals surface area (Å²) in [5, 5.41) is 9.58. The highest BCUT2D eigenvalue weighted by atomic mass is 16.4. The van der Waals surface area contributed by atoms with E-state index in [4.69, 9.17) is 0 Å². The second kappa shape index (κ2) is 4.56. The SMILES string of the molecule is Cc1cc(C=O)c(C2(C(=O)O)CCCC2)cc1C. The zero-order valence-electron chi connectivity index (χ0n) is 10.8. The van der Waals surface area contributed by atoms with Crippen molar-refractivity contribution in [3.05, 3.63) is 34.4 Å². The first-order valence-corrected chi connectivity index (χ1v) is 6.31. The van der Waals surface area contributed by atoms with E-state index in [1.807, 2.05) is 19.9 Å². The monoisotopic (exact) mass is 246 g/mol. The molecule has 0 amide bonds. The molecule has 18 heavy (non-hydrogen) atoms. The molecule has 0 aromatic heterocycles. The number of carbonyl (C=O) groups is 2. The van der Waals surface area contributed by atoms with Crippen molar-refractivity contribution < 1.29 is 14.7 Å². The largest absolute Gasteiger partial charge is 0.481 e. The Morgan fingerprint density at radius 3 is 2.28 bits per heavy atom. The van der Waals surface area contributed by atoms with Crippen LogP contribution in [0, 0.1) is 13.8 Å². The van der Waals surface area contributed by atoms with Crippen LogP contribution in [-0.2, 0) is 10.2 Å². The normalized spacial score (nSPS) is 17.7. The van der Waals surface area contributed by atoms with Crippen LogP contribution in [0.4, 0.5) is 0 Å². The molecule has 1 aromatic rings. The van der Waals surface area contributed by atoms with Gasteiger partial charge in [-0.3, -0.25) is 9.59 Å². The highest BCUT2D eigenvalue weighted by Crippen LogP contribution is 2.43. The van der Waals surface area contributed by atoms with Crippen molar-refractivity contribution in [2.75, 3.05) is 0 Å². The van der Waals surface area contributed by atoms with E-state index in [-0.39, 0.29) is 0 Å². The van der Waals surface area contributed by atoms with Crippen LogP contribution in [0.2, 0.25) is 0 Å². The number of carbonyl (C=O) groups excluding carboxylic acids is 1. The molecule has 1 saturated carbocycles. The molecule has 1 aliphatic rings. The van der Waals surface area contributed by atoms with Crippen LogP contribution >= 0.6 is 0 Å². The molecule has 1 aromatic carbocycles. The summed E-state index contributed by atoms with van der Waals surface area (Å²) in [6, 6.07) is 3.69. The van der Waals surface area contributed by atoms with E-state index in [0.29, 0.717) is 24.0 Å². The first kappa shape index (κ1) is 12.8. The van der Waals surface area contributed by atoms with Crippen LogP contribution in [-0.4, -0.2) is 17.4 Å². The molecule has 96 valence electrons. The molecule has 0 saturated heterocycles. The average molecular weight is 246 g/mol. The zero-order chi connectivity index (χ0) is 13.3. The quantitative estimate of drug-likeness (QED) is 0.834. The van der Waals surface area contributed by atoms with Crippen molar-refractivity contribution in [2.45, 2.75) is 44.9 Å². The van der Waals surface area contributed by atoms with Crippen LogP contribution < -0.4 is 0 Å². The minimum atomic E-state index is -0.852. The van der Waals surface area contributed by atoms with Crippen LogP contribution in [0.15, 0.2) is 12.1 Å². The first-order valence-electron chi connectivity index (χ1n) is 6.31. The number of carboxylic acids is 1. The zero-order valence-corrected chi connectivity index (χ0v) is 10.8. The standard InChI is InChI=1S/C15H18O3/c1-10-7-12(9-16)13(8-11(10)2)15(14(17)18)5-3-4-6-15/h7-9H,3-6H2,1-2H3,(H,17,18). The van der Waals surface area contributed by atoms with Crippen molar-refractivity contribution in [2.24, 2.45) is 0 Å². The van der Waals surface area contributed by atoms with Gasteiger partial charge in [-0.1, -0.05) is 18.9 Å². The molecule has 3 heteroatoms.